The minimum absolute atomic E-state index is 0.0717. The third-order valence-corrected chi connectivity index (χ3v) is 5.94. The van der Waals surface area contributed by atoms with Crippen LogP contribution in [0.25, 0.3) is 0 Å². The van der Waals surface area contributed by atoms with Gasteiger partial charge in [-0.05, 0) is 38.4 Å². The van der Waals surface area contributed by atoms with E-state index in [0.717, 1.165) is 25.2 Å². The molecule has 1 atom stereocenters. The average Bonchev–Trinajstić information content (AvgIpc) is 3.30. The van der Waals surface area contributed by atoms with Gasteiger partial charge in [0.05, 0.1) is 18.1 Å². The Morgan fingerprint density at radius 1 is 1.03 bits per heavy atom. The van der Waals surface area contributed by atoms with E-state index in [2.05, 4.69) is 76.8 Å². The molecule has 0 unspecified atom stereocenters. The Labute approximate surface area is 179 Å². The molecule has 1 aromatic heterocycles. The van der Waals surface area contributed by atoms with Gasteiger partial charge in [-0.25, -0.2) is 4.98 Å². The first-order valence-electron chi connectivity index (χ1n) is 10.6. The van der Waals surface area contributed by atoms with E-state index in [-0.39, 0.29) is 11.9 Å². The zero-order chi connectivity index (χ0) is 21.1. The standard InChI is InChI=1S/C25H30N4O/c1-19-7-9-21(10-8-19)15-29-18-26-14-23(29)17-27(3)24-11-12-28(25(24)30)16-22-6-4-5-20(2)13-22/h4-10,13-14,18,24H,11-12,15-17H2,1-3H3/t24-/m1/s1. The molecule has 0 aliphatic carbocycles. The Morgan fingerprint density at radius 3 is 2.60 bits per heavy atom. The molecule has 2 aromatic carbocycles. The van der Waals surface area contributed by atoms with Gasteiger partial charge >= 0.3 is 0 Å². The van der Waals surface area contributed by atoms with Crippen molar-refractivity contribution in [3.8, 4) is 0 Å². The molecule has 156 valence electrons. The number of likely N-dealkylation sites (tertiary alicyclic amines) is 1. The van der Waals surface area contributed by atoms with Crippen molar-refractivity contribution in [2.45, 2.75) is 45.9 Å². The summed E-state index contributed by atoms with van der Waals surface area (Å²) in [5.74, 6) is 0.226. The van der Waals surface area contributed by atoms with Crippen molar-refractivity contribution in [1.82, 2.24) is 19.4 Å². The normalized spacial score (nSPS) is 16.6. The highest BCUT2D eigenvalue weighted by molar-refractivity contribution is 5.83. The predicted molar refractivity (Wildman–Crippen MR) is 119 cm³/mol. The summed E-state index contributed by atoms with van der Waals surface area (Å²) >= 11 is 0. The van der Waals surface area contributed by atoms with Gasteiger partial charge in [0.2, 0.25) is 5.91 Å². The number of imidazole rings is 1. The molecular weight excluding hydrogens is 372 g/mol. The maximum Gasteiger partial charge on any atom is 0.240 e. The third kappa shape index (κ3) is 4.62. The number of carbonyl (C=O) groups is 1. The quantitative estimate of drug-likeness (QED) is 0.604. The number of carbonyl (C=O) groups excluding carboxylic acids is 1. The van der Waals surface area contributed by atoms with Crippen molar-refractivity contribution in [2.75, 3.05) is 13.6 Å². The van der Waals surface area contributed by atoms with E-state index in [1.54, 1.807) is 0 Å². The number of aromatic nitrogens is 2. The van der Waals surface area contributed by atoms with E-state index in [9.17, 15) is 4.79 Å². The van der Waals surface area contributed by atoms with Crippen molar-refractivity contribution in [1.29, 1.82) is 0 Å². The Morgan fingerprint density at radius 2 is 1.83 bits per heavy atom. The first kappa shape index (κ1) is 20.4. The summed E-state index contributed by atoms with van der Waals surface area (Å²) < 4.78 is 2.17. The molecule has 2 heterocycles. The molecule has 1 aliphatic rings. The minimum atomic E-state index is -0.0717. The largest absolute Gasteiger partial charge is 0.337 e. The maximum atomic E-state index is 13.0. The fourth-order valence-corrected chi connectivity index (χ4v) is 4.20. The summed E-state index contributed by atoms with van der Waals surface area (Å²) in [5, 5.41) is 0. The molecule has 0 saturated carbocycles. The van der Waals surface area contributed by atoms with Gasteiger partial charge in [-0.1, -0.05) is 59.7 Å². The van der Waals surface area contributed by atoms with Crippen LogP contribution in [-0.4, -0.2) is 44.9 Å². The van der Waals surface area contributed by atoms with Crippen molar-refractivity contribution < 1.29 is 4.79 Å². The molecule has 0 bridgehead atoms. The number of aryl methyl sites for hydroxylation is 2. The first-order chi connectivity index (χ1) is 14.5. The van der Waals surface area contributed by atoms with Gasteiger partial charge in [0, 0.05) is 32.4 Å². The monoisotopic (exact) mass is 402 g/mol. The lowest BCUT2D eigenvalue weighted by atomic mass is 10.1. The van der Waals surface area contributed by atoms with Gasteiger partial charge in [0.25, 0.3) is 0 Å². The molecule has 0 N–H and O–H groups in total. The van der Waals surface area contributed by atoms with Crippen LogP contribution in [-0.2, 0) is 24.4 Å². The van der Waals surface area contributed by atoms with Gasteiger partial charge < -0.3 is 9.47 Å². The Bertz CT molecular complexity index is 1010. The Balaban J connectivity index is 1.39. The fraction of sp³-hybridized carbons (Fsp3) is 0.360. The van der Waals surface area contributed by atoms with Crippen LogP contribution < -0.4 is 0 Å². The van der Waals surface area contributed by atoms with E-state index < -0.39 is 0 Å². The summed E-state index contributed by atoms with van der Waals surface area (Å²) in [5.41, 5.74) is 6.07. The minimum Gasteiger partial charge on any atom is -0.337 e. The van der Waals surface area contributed by atoms with E-state index in [1.807, 2.05) is 24.5 Å². The number of hydrogen-bond donors (Lipinski definition) is 0. The molecule has 0 radical (unpaired) electrons. The van der Waals surface area contributed by atoms with Gasteiger partial charge in [0.15, 0.2) is 0 Å². The maximum absolute atomic E-state index is 13.0. The molecule has 5 nitrogen and oxygen atoms in total. The van der Waals surface area contributed by atoms with Gasteiger partial charge in [-0.3, -0.25) is 9.69 Å². The second-order valence-electron chi connectivity index (χ2n) is 8.47. The molecule has 1 fully saturated rings. The van der Waals surface area contributed by atoms with E-state index >= 15 is 0 Å². The number of rotatable bonds is 7. The van der Waals surface area contributed by atoms with Crippen LogP contribution in [0.2, 0.25) is 0 Å². The SMILES string of the molecule is Cc1ccc(Cn2cncc2CN(C)[C@@H]2CCN(Cc3cccc(C)c3)C2=O)cc1. The van der Waals surface area contributed by atoms with Crippen LogP contribution in [0.3, 0.4) is 0 Å². The molecule has 5 heteroatoms. The predicted octanol–water partition coefficient (Wildman–Crippen LogP) is 3.78. The molecular formula is C25H30N4O. The molecule has 30 heavy (non-hydrogen) atoms. The second kappa shape index (κ2) is 8.84. The van der Waals surface area contributed by atoms with Crippen molar-refractivity contribution in [3.63, 3.8) is 0 Å². The van der Waals surface area contributed by atoms with E-state index in [4.69, 9.17) is 0 Å². The lowest BCUT2D eigenvalue weighted by molar-refractivity contribution is -0.132. The highest BCUT2D eigenvalue weighted by Gasteiger charge is 2.34. The van der Waals surface area contributed by atoms with Crippen LogP contribution in [0.5, 0.6) is 0 Å². The van der Waals surface area contributed by atoms with Crippen molar-refractivity contribution in [2.24, 2.45) is 0 Å². The summed E-state index contributed by atoms with van der Waals surface area (Å²) in [6.07, 6.45) is 4.66. The lowest BCUT2D eigenvalue weighted by Crippen LogP contribution is -2.39. The van der Waals surface area contributed by atoms with Gasteiger partial charge in [-0.15, -0.1) is 0 Å². The number of likely N-dealkylation sites (N-methyl/N-ethyl adjacent to an activating group) is 1. The number of nitrogens with zero attached hydrogens (tertiary/aromatic N) is 4. The number of benzene rings is 2. The first-order valence-corrected chi connectivity index (χ1v) is 10.6. The Kier molecular flexibility index (Phi) is 6.00. The summed E-state index contributed by atoms with van der Waals surface area (Å²) in [7, 11) is 2.04. The highest BCUT2D eigenvalue weighted by atomic mass is 16.2. The topological polar surface area (TPSA) is 41.4 Å². The van der Waals surface area contributed by atoms with Crippen LogP contribution in [0.15, 0.2) is 61.1 Å². The van der Waals surface area contributed by atoms with Crippen molar-refractivity contribution in [3.05, 3.63) is 89.0 Å². The zero-order valence-corrected chi connectivity index (χ0v) is 18.1. The summed E-state index contributed by atoms with van der Waals surface area (Å²) in [4.78, 5) is 21.5. The van der Waals surface area contributed by atoms with Crippen LogP contribution >= 0.6 is 0 Å². The Hall–Kier alpha value is -2.92. The summed E-state index contributed by atoms with van der Waals surface area (Å²) in [6, 6.07) is 16.9. The van der Waals surface area contributed by atoms with Crippen LogP contribution in [0, 0.1) is 13.8 Å². The third-order valence-electron chi connectivity index (χ3n) is 5.94. The molecule has 1 saturated heterocycles. The van der Waals surface area contributed by atoms with Gasteiger partial charge in [0.1, 0.15) is 0 Å². The molecule has 1 amide bonds. The lowest BCUT2D eigenvalue weighted by Gasteiger charge is -2.24. The van der Waals surface area contributed by atoms with Gasteiger partial charge in [-0.2, -0.15) is 0 Å². The number of amides is 1. The average molecular weight is 403 g/mol. The molecule has 1 aliphatic heterocycles. The van der Waals surface area contributed by atoms with Crippen LogP contribution in [0.1, 0.15) is 34.4 Å². The molecule has 0 spiro atoms. The van der Waals surface area contributed by atoms with Crippen molar-refractivity contribution >= 4 is 5.91 Å². The second-order valence-corrected chi connectivity index (χ2v) is 8.47. The highest BCUT2D eigenvalue weighted by Crippen LogP contribution is 2.21. The molecule has 3 aromatic rings. The van der Waals surface area contributed by atoms with E-state index in [1.165, 1.54) is 22.3 Å². The summed E-state index contributed by atoms with van der Waals surface area (Å²) in [6.45, 7) is 7.19. The number of hydrogen-bond acceptors (Lipinski definition) is 3. The molecule has 4 rings (SSSR count). The smallest absolute Gasteiger partial charge is 0.240 e. The fourth-order valence-electron chi connectivity index (χ4n) is 4.20. The van der Waals surface area contributed by atoms with E-state index in [0.29, 0.717) is 13.1 Å². The van der Waals surface area contributed by atoms with Crippen LogP contribution in [0.4, 0.5) is 0 Å². The zero-order valence-electron chi connectivity index (χ0n) is 18.1.